The molecule has 2 aromatic carbocycles. The Morgan fingerprint density at radius 2 is 1.79 bits per heavy atom. The number of hydrogen-bond donors (Lipinski definition) is 0. The maximum Gasteiger partial charge on any atom is 0.261 e. The van der Waals surface area contributed by atoms with Crippen LogP contribution >= 0.6 is 0 Å². The molecule has 0 amide bonds. The lowest BCUT2D eigenvalue weighted by Crippen LogP contribution is -2.21. The number of para-hydroxylation sites is 1. The van der Waals surface area contributed by atoms with Crippen LogP contribution in [0.1, 0.15) is 5.56 Å². The topological polar surface area (TPSA) is 79.2 Å². The van der Waals surface area contributed by atoms with E-state index in [4.69, 9.17) is 4.74 Å². The molecule has 34 heavy (non-hydrogen) atoms. The second-order valence-electron chi connectivity index (χ2n) is 8.28. The van der Waals surface area contributed by atoms with Crippen molar-refractivity contribution < 1.29 is 4.74 Å². The minimum Gasteiger partial charge on any atom is -0.497 e. The number of benzene rings is 2. The molecular weight excluding hydrogens is 428 g/mol. The first-order chi connectivity index (χ1) is 16.6. The number of hydrogen-bond acceptors (Lipinski definition) is 5. The predicted molar refractivity (Wildman–Crippen MR) is 131 cm³/mol. The highest BCUT2D eigenvalue weighted by molar-refractivity contribution is 5.84. The number of methoxy groups -OCH3 is 1. The van der Waals surface area contributed by atoms with E-state index in [9.17, 15) is 4.79 Å². The first-order valence-electron chi connectivity index (χ1n) is 11.0. The van der Waals surface area contributed by atoms with Crippen molar-refractivity contribution in [2.75, 3.05) is 7.11 Å². The fourth-order valence-corrected chi connectivity index (χ4v) is 4.46. The maximum atomic E-state index is 13.3. The van der Waals surface area contributed by atoms with E-state index < -0.39 is 0 Å². The fraction of sp³-hybridized carbons (Fsp3) is 0.154. The Hall–Kier alpha value is -4.46. The van der Waals surface area contributed by atoms with Gasteiger partial charge in [0.2, 0.25) is 0 Å². The van der Waals surface area contributed by atoms with Gasteiger partial charge in [-0.05, 0) is 48.4 Å². The zero-order valence-electron chi connectivity index (χ0n) is 18.8. The number of fused-ring (bicyclic) bond motifs is 4. The number of nitrogens with zero attached hydrogens (tertiary/aromatic N) is 6. The molecule has 8 nitrogen and oxygen atoms in total. The molecule has 4 aromatic heterocycles. The second kappa shape index (κ2) is 7.84. The van der Waals surface area contributed by atoms with Crippen LogP contribution in [0.15, 0.2) is 78.0 Å². The van der Waals surface area contributed by atoms with Crippen molar-refractivity contribution in [3.05, 3.63) is 89.1 Å². The quantitative estimate of drug-likeness (QED) is 0.399. The molecule has 168 valence electrons. The van der Waals surface area contributed by atoms with Crippen LogP contribution in [0.2, 0.25) is 0 Å². The van der Waals surface area contributed by atoms with E-state index in [-0.39, 0.29) is 5.56 Å². The minimum atomic E-state index is -0.0892. The summed E-state index contributed by atoms with van der Waals surface area (Å²) in [7, 11) is 3.67. The number of ether oxygens (including phenoxy) is 1. The Labute approximate surface area is 194 Å². The first-order valence-corrected chi connectivity index (χ1v) is 11.0. The van der Waals surface area contributed by atoms with Gasteiger partial charge in [-0.1, -0.05) is 18.2 Å². The number of aryl methyl sites for hydroxylation is 3. The van der Waals surface area contributed by atoms with Crippen molar-refractivity contribution in [1.29, 1.82) is 0 Å². The van der Waals surface area contributed by atoms with Gasteiger partial charge >= 0.3 is 0 Å². The summed E-state index contributed by atoms with van der Waals surface area (Å²) in [6.45, 7) is 0.579. The molecule has 8 heteroatoms. The zero-order chi connectivity index (χ0) is 23.2. The lowest BCUT2D eigenvalue weighted by atomic mass is 10.1. The summed E-state index contributed by atoms with van der Waals surface area (Å²) in [5.41, 5.74) is 3.85. The van der Waals surface area contributed by atoms with E-state index >= 15 is 0 Å². The van der Waals surface area contributed by atoms with Crippen LogP contribution in [0.4, 0.5) is 0 Å². The van der Waals surface area contributed by atoms with Crippen molar-refractivity contribution in [3.8, 4) is 17.1 Å². The second-order valence-corrected chi connectivity index (χ2v) is 8.28. The van der Waals surface area contributed by atoms with Crippen molar-refractivity contribution in [2.24, 2.45) is 7.05 Å². The van der Waals surface area contributed by atoms with Crippen molar-refractivity contribution in [3.63, 3.8) is 0 Å². The van der Waals surface area contributed by atoms with Gasteiger partial charge in [-0.15, -0.1) is 5.10 Å². The third-order valence-electron chi connectivity index (χ3n) is 6.26. The lowest BCUT2D eigenvalue weighted by Gasteiger charge is -2.07. The molecule has 6 rings (SSSR count). The molecular formula is C26H22N6O2. The fourth-order valence-electron chi connectivity index (χ4n) is 4.46. The first kappa shape index (κ1) is 20.2. The Kier molecular flexibility index (Phi) is 4.65. The summed E-state index contributed by atoms with van der Waals surface area (Å²) in [5, 5.41) is 6.35. The van der Waals surface area contributed by atoms with E-state index in [0.29, 0.717) is 29.0 Å². The third-order valence-corrected chi connectivity index (χ3v) is 6.26. The standard InChI is InChI=1S/C26H22N6O2/c1-30-16-18(20-5-3-4-6-22(20)30)11-13-31-14-12-23-21(25(31)33)15-27-26-28-24(29-32(23)26)17-7-9-19(34-2)10-8-17/h3-10,12,14-16H,11,13H2,1-2H3. The van der Waals surface area contributed by atoms with Gasteiger partial charge in [0.1, 0.15) is 5.75 Å². The van der Waals surface area contributed by atoms with Crippen molar-refractivity contribution >= 4 is 27.6 Å². The summed E-state index contributed by atoms with van der Waals surface area (Å²) in [5.74, 6) is 1.76. The smallest absolute Gasteiger partial charge is 0.261 e. The highest BCUT2D eigenvalue weighted by atomic mass is 16.5. The van der Waals surface area contributed by atoms with Gasteiger partial charge in [0.15, 0.2) is 5.82 Å². The van der Waals surface area contributed by atoms with Crippen LogP contribution in [0.3, 0.4) is 0 Å². The molecule has 0 aliphatic rings. The Bertz CT molecular complexity index is 1730. The summed E-state index contributed by atoms with van der Waals surface area (Å²) < 4.78 is 10.7. The van der Waals surface area contributed by atoms with E-state index in [0.717, 1.165) is 17.7 Å². The van der Waals surface area contributed by atoms with Crippen LogP contribution in [0.5, 0.6) is 5.75 Å². The normalized spacial score (nSPS) is 11.6. The van der Waals surface area contributed by atoms with E-state index in [1.807, 2.05) is 55.7 Å². The number of pyridine rings is 1. The highest BCUT2D eigenvalue weighted by Crippen LogP contribution is 2.22. The van der Waals surface area contributed by atoms with Gasteiger partial charge in [-0.25, -0.2) is 4.98 Å². The van der Waals surface area contributed by atoms with E-state index in [1.54, 1.807) is 22.4 Å². The summed E-state index contributed by atoms with van der Waals surface area (Å²) in [6, 6.07) is 17.7. The van der Waals surface area contributed by atoms with Gasteiger partial charge in [0, 0.05) is 48.6 Å². The molecule has 0 N–H and O–H groups in total. The molecule has 0 bridgehead atoms. The zero-order valence-corrected chi connectivity index (χ0v) is 18.8. The lowest BCUT2D eigenvalue weighted by molar-refractivity contribution is 0.415. The number of aromatic nitrogens is 6. The van der Waals surface area contributed by atoms with Crippen molar-refractivity contribution in [1.82, 2.24) is 28.7 Å². The minimum absolute atomic E-state index is 0.0892. The molecule has 0 saturated carbocycles. The van der Waals surface area contributed by atoms with Crippen LogP contribution < -0.4 is 10.3 Å². The molecule has 0 unspecified atom stereocenters. The van der Waals surface area contributed by atoms with Crippen LogP contribution in [0.25, 0.3) is 39.0 Å². The van der Waals surface area contributed by atoms with E-state index in [2.05, 4.69) is 38.0 Å². The largest absolute Gasteiger partial charge is 0.497 e. The Morgan fingerprint density at radius 1 is 0.971 bits per heavy atom. The SMILES string of the molecule is COc1ccc(-c2nc3ncc4c(=O)n(CCc5cn(C)c6ccccc56)ccc4n3n2)cc1. The number of rotatable bonds is 5. The van der Waals surface area contributed by atoms with Crippen LogP contribution in [0, 0.1) is 0 Å². The van der Waals surface area contributed by atoms with Gasteiger partial charge < -0.3 is 13.9 Å². The average Bonchev–Trinajstić information content (AvgIpc) is 3.45. The molecule has 0 aliphatic heterocycles. The van der Waals surface area contributed by atoms with Gasteiger partial charge in [-0.3, -0.25) is 4.79 Å². The molecule has 0 radical (unpaired) electrons. The molecule has 4 heterocycles. The highest BCUT2D eigenvalue weighted by Gasteiger charge is 2.13. The average molecular weight is 451 g/mol. The van der Waals surface area contributed by atoms with Crippen molar-refractivity contribution in [2.45, 2.75) is 13.0 Å². The van der Waals surface area contributed by atoms with Crippen LogP contribution in [-0.2, 0) is 20.0 Å². The van der Waals surface area contributed by atoms with Crippen LogP contribution in [-0.4, -0.2) is 35.8 Å². The summed E-state index contributed by atoms with van der Waals surface area (Å²) in [4.78, 5) is 22.2. The molecule has 0 saturated heterocycles. The summed E-state index contributed by atoms with van der Waals surface area (Å²) >= 11 is 0. The summed E-state index contributed by atoms with van der Waals surface area (Å²) in [6.07, 6.45) is 6.31. The predicted octanol–water partition coefficient (Wildman–Crippen LogP) is 3.85. The Balaban J connectivity index is 1.35. The molecule has 0 atom stereocenters. The van der Waals surface area contributed by atoms with Gasteiger partial charge in [0.05, 0.1) is 18.0 Å². The molecule has 0 aliphatic carbocycles. The van der Waals surface area contributed by atoms with Gasteiger partial charge in [0.25, 0.3) is 11.3 Å². The van der Waals surface area contributed by atoms with Gasteiger partial charge in [-0.2, -0.15) is 9.50 Å². The third kappa shape index (κ3) is 3.23. The monoisotopic (exact) mass is 450 g/mol. The molecule has 0 spiro atoms. The molecule has 0 fully saturated rings. The maximum absolute atomic E-state index is 13.3. The Morgan fingerprint density at radius 3 is 2.62 bits per heavy atom. The van der Waals surface area contributed by atoms with E-state index in [1.165, 1.54) is 16.5 Å². The molecule has 6 aromatic rings.